The van der Waals surface area contributed by atoms with Crippen molar-refractivity contribution in [1.82, 2.24) is 20.4 Å². The van der Waals surface area contributed by atoms with Gasteiger partial charge in [-0.05, 0) is 26.7 Å². The van der Waals surface area contributed by atoms with Crippen molar-refractivity contribution >= 4 is 18.3 Å². The Kier molecular flexibility index (Phi) is 9.14. The molecule has 1 aliphatic rings. The van der Waals surface area contributed by atoms with Crippen molar-refractivity contribution in [2.24, 2.45) is 7.05 Å². The molecule has 1 saturated carbocycles. The number of carbonyl (C=O) groups excluding carboxylic acids is 1. The summed E-state index contributed by atoms with van der Waals surface area (Å²) in [5, 5.41) is 10.7. The standard InChI is InChI=1S/C17H30N4O2.ClH/c1-13-17(14(2)21(3)20-13)23-12-16(22)19-11-10-18-15-8-6-4-5-7-9-15;/h15,18H,4-12H2,1-3H3,(H,19,22);1H. The van der Waals surface area contributed by atoms with Crippen molar-refractivity contribution in [3.8, 4) is 5.75 Å². The maximum atomic E-state index is 11.9. The lowest BCUT2D eigenvalue weighted by atomic mass is 10.1. The summed E-state index contributed by atoms with van der Waals surface area (Å²) in [5.74, 6) is 0.620. The summed E-state index contributed by atoms with van der Waals surface area (Å²) < 4.78 is 7.36. The van der Waals surface area contributed by atoms with Crippen LogP contribution in [0.1, 0.15) is 49.9 Å². The summed E-state index contributed by atoms with van der Waals surface area (Å²) in [4.78, 5) is 11.9. The van der Waals surface area contributed by atoms with E-state index in [-0.39, 0.29) is 24.9 Å². The van der Waals surface area contributed by atoms with Crippen LogP contribution in [-0.2, 0) is 11.8 Å². The number of carbonyl (C=O) groups is 1. The predicted octanol–water partition coefficient (Wildman–Crippen LogP) is 2.27. The van der Waals surface area contributed by atoms with Crippen LogP contribution in [0.25, 0.3) is 0 Å². The average molecular weight is 359 g/mol. The van der Waals surface area contributed by atoms with E-state index in [1.165, 1.54) is 38.5 Å². The highest BCUT2D eigenvalue weighted by Crippen LogP contribution is 2.21. The van der Waals surface area contributed by atoms with Gasteiger partial charge < -0.3 is 15.4 Å². The maximum absolute atomic E-state index is 11.9. The molecule has 1 fully saturated rings. The van der Waals surface area contributed by atoms with E-state index in [9.17, 15) is 4.79 Å². The van der Waals surface area contributed by atoms with Gasteiger partial charge in [0.25, 0.3) is 5.91 Å². The lowest BCUT2D eigenvalue weighted by molar-refractivity contribution is -0.123. The summed E-state index contributed by atoms with van der Waals surface area (Å²) in [6.07, 6.45) is 7.88. The number of aromatic nitrogens is 2. The number of hydrogen-bond acceptors (Lipinski definition) is 4. The molecule has 24 heavy (non-hydrogen) atoms. The van der Waals surface area contributed by atoms with Gasteiger partial charge in [0.15, 0.2) is 12.4 Å². The van der Waals surface area contributed by atoms with Crippen LogP contribution in [0.2, 0.25) is 0 Å². The fourth-order valence-electron chi connectivity index (χ4n) is 3.11. The molecule has 1 aromatic heterocycles. The first-order valence-electron chi connectivity index (χ1n) is 8.71. The number of ether oxygens (including phenoxy) is 1. The number of aryl methyl sites for hydroxylation is 2. The fraction of sp³-hybridized carbons (Fsp3) is 0.765. The van der Waals surface area contributed by atoms with E-state index in [4.69, 9.17) is 4.74 Å². The third-order valence-electron chi connectivity index (χ3n) is 4.53. The van der Waals surface area contributed by atoms with Crippen LogP contribution in [0.3, 0.4) is 0 Å². The molecule has 1 aliphatic carbocycles. The number of hydrogen-bond donors (Lipinski definition) is 2. The highest BCUT2D eigenvalue weighted by Gasteiger charge is 2.13. The van der Waals surface area contributed by atoms with Gasteiger partial charge in [-0.3, -0.25) is 9.48 Å². The molecule has 2 rings (SSSR count). The molecule has 0 unspecified atom stereocenters. The van der Waals surface area contributed by atoms with E-state index in [1.807, 2.05) is 20.9 Å². The van der Waals surface area contributed by atoms with Gasteiger partial charge in [-0.25, -0.2) is 0 Å². The normalized spacial score (nSPS) is 15.5. The van der Waals surface area contributed by atoms with E-state index in [1.54, 1.807) is 4.68 Å². The Hall–Kier alpha value is -1.27. The smallest absolute Gasteiger partial charge is 0.257 e. The molecule has 0 aliphatic heterocycles. The fourth-order valence-corrected chi connectivity index (χ4v) is 3.11. The third-order valence-corrected chi connectivity index (χ3v) is 4.53. The minimum atomic E-state index is -0.0877. The monoisotopic (exact) mass is 358 g/mol. The topological polar surface area (TPSA) is 68.2 Å². The molecule has 0 saturated heterocycles. The maximum Gasteiger partial charge on any atom is 0.257 e. The highest BCUT2D eigenvalue weighted by molar-refractivity contribution is 5.85. The van der Waals surface area contributed by atoms with Gasteiger partial charge in [-0.15, -0.1) is 12.4 Å². The van der Waals surface area contributed by atoms with Crippen molar-refractivity contribution in [3.63, 3.8) is 0 Å². The molecule has 2 N–H and O–H groups in total. The third kappa shape index (κ3) is 6.32. The van der Waals surface area contributed by atoms with E-state index in [2.05, 4.69) is 15.7 Å². The molecule has 1 heterocycles. The van der Waals surface area contributed by atoms with Crippen LogP contribution in [0.15, 0.2) is 0 Å². The zero-order chi connectivity index (χ0) is 16.7. The quantitative estimate of drug-likeness (QED) is 0.579. The van der Waals surface area contributed by atoms with Crippen LogP contribution >= 0.6 is 12.4 Å². The van der Waals surface area contributed by atoms with E-state index in [0.29, 0.717) is 18.3 Å². The number of amides is 1. The minimum absolute atomic E-state index is 0. The van der Waals surface area contributed by atoms with Gasteiger partial charge in [0.05, 0.1) is 5.69 Å². The minimum Gasteiger partial charge on any atom is -0.480 e. The Bertz CT molecular complexity index is 511. The molecule has 7 heteroatoms. The Morgan fingerprint density at radius 1 is 1.21 bits per heavy atom. The Morgan fingerprint density at radius 3 is 2.46 bits per heavy atom. The zero-order valence-electron chi connectivity index (χ0n) is 15.1. The second-order valence-corrected chi connectivity index (χ2v) is 6.40. The summed E-state index contributed by atoms with van der Waals surface area (Å²) >= 11 is 0. The van der Waals surface area contributed by atoms with Crippen LogP contribution in [0, 0.1) is 13.8 Å². The average Bonchev–Trinajstić information content (AvgIpc) is 2.73. The van der Waals surface area contributed by atoms with E-state index < -0.39 is 0 Å². The van der Waals surface area contributed by atoms with E-state index >= 15 is 0 Å². The number of nitrogens with one attached hydrogen (secondary N) is 2. The molecule has 0 atom stereocenters. The summed E-state index contributed by atoms with van der Waals surface area (Å²) in [5.41, 5.74) is 1.75. The van der Waals surface area contributed by atoms with Gasteiger partial charge in [0.1, 0.15) is 5.69 Å². The first-order chi connectivity index (χ1) is 11.1. The first kappa shape index (κ1) is 20.8. The van der Waals surface area contributed by atoms with Crippen molar-refractivity contribution in [2.75, 3.05) is 19.7 Å². The first-order valence-corrected chi connectivity index (χ1v) is 8.71. The number of rotatable bonds is 7. The van der Waals surface area contributed by atoms with E-state index in [0.717, 1.165) is 17.9 Å². The Labute approximate surface area is 151 Å². The van der Waals surface area contributed by atoms with Crippen molar-refractivity contribution in [1.29, 1.82) is 0 Å². The van der Waals surface area contributed by atoms with Gasteiger partial charge >= 0.3 is 0 Å². The molecule has 138 valence electrons. The Morgan fingerprint density at radius 2 is 1.88 bits per heavy atom. The molecule has 1 aromatic rings. The molecule has 0 spiro atoms. The van der Waals surface area contributed by atoms with Crippen molar-refractivity contribution in [2.45, 2.75) is 58.4 Å². The summed E-state index contributed by atoms with van der Waals surface area (Å²) in [7, 11) is 1.87. The van der Waals surface area contributed by atoms with Gasteiger partial charge in [0.2, 0.25) is 0 Å². The number of nitrogens with zero attached hydrogens (tertiary/aromatic N) is 2. The second-order valence-electron chi connectivity index (χ2n) is 6.40. The van der Waals surface area contributed by atoms with Crippen LogP contribution in [0.5, 0.6) is 5.75 Å². The molecule has 6 nitrogen and oxygen atoms in total. The van der Waals surface area contributed by atoms with Crippen LogP contribution in [-0.4, -0.2) is 41.4 Å². The Balaban J connectivity index is 0.00000288. The molecule has 0 bridgehead atoms. The van der Waals surface area contributed by atoms with Gasteiger partial charge in [0, 0.05) is 26.2 Å². The highest BCUT2D eigenvalue weighted by atomic mass is 35.5. The zero-order valence-corrected chi connectivity index (χ0v) is 15.9. The van der Waals surface area contributed by atoms with Crippen molar-refractivity contribution < 1.29 is 9.53 Å². The molecule has 0 aromatic carbocycles. The molecular weight excluding hydrogens is 328 g/mol. The van der Waals surface area contributed by atoms with Crippen molar-refractivity contribution in [3.05, 3.63) is 11.4 Å². The summed E-state index contributed by atoms with van der Waals surface area (Å²) in [6.45, 7) is 5.32. The summed E-state index contributed by atoms with van der Waals surface area (Å²) in [6, 6.07) is 0.617. The number of halogens is 1. The molecule has 0 radical (unpaired) electrons. The molecular formula is C17H31ClN4O2. The lowest BCUT2D eigenvalue weighted by Gasteiger charge is -2.16. The molecule has 1 amide bonds. The van der Waals surface area contributed by atoms with Gasteiger partial charge in [-0.1, -0.05) is 25.7 Å². The van der Waals surface area contributed by atoms with Crippen LogP contribution < -0.4 is 15.4 Å². The largest absolute Gasteiger partial charge is 0.480 e. The lowest BCUT2D eigenvalue weighted by Crippen LogP contribution is -2.38. The SMILES string of the molecule is Cc1nn(C)c(C)c1OCC(=O)NCCNC1CCCCCC1.Cl. The van der Waals surface area contributed by atoms with Crippen LogP contribution in [0.4, 0.5) is 0 Å². The van der Waals surface area contributed by atoms with Gasteiger partial charge in [-0.2, -0.15) is 5.10 Å². The second kappa shape index (κ2) is 10.6. The predicted molar refractivity (Wildman–Crippen MR) is 97.9 cm³/mol.